The molecule has 1 radical (unpaired) electrons. The van der Waals surface area contributed by atoms with Crippen LogP contribution in [0.4, 0.5) is 0 Å². The van der Waals surface area contributed by atoms with Gasteiger partial charge in [0.25, 0.3) is 0 Å². The Labute approximate surface area is 79.4 Å². The highest BCUT2D eigenvalue weighted by molar-refractivity contribution is 6.03. The van der Waals surface area contributed by atoms with Gasteiger partial charge in [0.15, 0.2) is 5.75 Å². The lowest BCUT2D eigenvalue weighted by atomic mass is 10.1. The fraction of sp³-hybridized carbons (Fsp3) is 0. The van der Waals surface area contributed by atoms with Crippen LogP contribution in [-0.4, -0.2) is 16.1 Å². The summed E-state index contributed by atoms with van der Waals surface area (Å²) in [6, 6.07) is 5.84. The van der Waals surface area contributed by atoms with Crippen LogP contribution < -0.4 is 0 Å². The Kier molecular flexibility index (Phi) is 1.81. The zero-order chi connectivity index (χ0) is 10.1. The SMILES string of the molecule is [O]c1ccnc2c(C(=O)O)cccc12. The second kappa shape index (κ2) is 2.99. The molecule has 0 atom stereocenters. The van der Waals surface area contributed by atoms with E-state index in [-0.39, 0.29) is 16.8 Å². The van der Waals surface area contributed by atoms with Crippen LogP contribution in [0.3, 0.4) is 0 Å². The monoisotopic (exact) mass is 188 g/mol. The van der Waals surface area contributed by atoms with Crippen molar-refractivity contribution in [1.82, 2.24) is 4.98 Å². The highest BCUT2D eigenvalue weighted by Gasteiger charge is 2.11. The molecule has 0 aliphatic heterocycles. The molecule has 2 aromatic rings. The first-order chi connectivity index (χ1) is 6.70. The Balaban J connectivity index is 2.88. The van der Waals surface area contributed by atoms with Crippen LogP contribution in [-0.2, 0) is 5.11 Å². The van der Waals surface area contributed by atoms with Gasteiger partial charge in [-0.2, -0.15) is 0 Å². The number of pyridine rings is 1. The summed E-state index contributed by atoms with van der Waals surface area (Å²) in [5.41, 5.74) is 0.299. The van der Waals surface area contributed by atoms with Crippen LogP contribution in [0, 0.1) is 0 Å². The molecule has 0 aliphatic carbocycles. The lowest BCUT2D eigenvalue weighted by Crippen LogP contribution is -1.98. The number of rotatable bonds is 1. The van der Waals surface area contributed by atoms with Gasteiger partial charge in [-0.1, -0.05) is 6.07 Å². The number of carboxylic acid groups (broad SMARTS) is 1. The molecule has 14 heavy (non-hydrogen) atoms. The van der Waals surface area contributed by atoms with Gasteiger partial charge in [-0.05, 0) is 12.1 Å². The summed E-state index contributed by atoms with van der Waals surface area (Å²) >= 11 is 0. The minimum absolute atomic E-state index is 0.0557. The van der Waals surface area contributed by atoms with E-state index in [1.807, 2.05) is 0 Å². The van der Waals surface area contributed by atoms with E-state index in [1.54, 1.807) is 6.07 Å². The summed E-state index contributed by atoms with van der Waals surface area (Å²) < 4.78 is 0. The molecule has 0 bridgehead atoms. The van der Waals surface area contributed by atoms with Crippen LogP contribution in [0.15, 0.2) is 30.5 Å². The first-order valence-electron chi connectivity index (χ1n) is 3.98. The second-order valence-electron chi connectivity index (χ2n) is 2.82. The summed E-state index contributed by atoms with van der Waals surface area (Å²) in [5.74, 6) is -1.29. The number of hydrogen-bond donors (Lipinski definition) is 1. The van der Waals surface area contributed by atoms with Gasteiger partial charge in [0.05, 0.1) is 11.1 Å². The van der Waals surface area contributed by atoms with Crippen molar-refractivity contribution >= 4 is 16.9 Å². The van der Waals surface area contributed by atoms with Crippen molar-refractivity contribution in [2.75, 3.05) is 0 Å². The fourth-order valence-corrected chi connectivity index (χ4v) is 1.32. The van der Waals surface area contributed by atoms with Gasteiger partial charge >= 0.3 is 5.97 Å². The van der Waals surface area contributed by atoms with Crippen LogP contribution in [0.5, 0.6) is 5.75 Å². The third-order valence-corrected chi connectivity index (χ3v) is 1.96. The molecule has 0 amide bonds. The molecule has 0 spiro atoms. The Hall–Kier alpha value is -2.10. The molecule has 69 valence electrons. The number of aromatic carboxylic acids is 1. The molecule has 0 saturated carbocycles. The third-order valence-electron chi connectivity index (χ3n) is 1.96. The van der Waals surface area contributed by atoms with E-state index >= 15 is 0 Å². The molecular formula is C10H6NO3. The van der Waals surface area contributed by atoms with E-state index in [4.69, 9.17) is 5.11 Å². The van der Waals surface area contributed by atoms with Crippen molar-refractivity contribution in [2.24, 2.45) is 0 Å². The Morgan fingerprint density at radius 3 is 2.79 bits per heavy atom. The normalized spacial score (nSPS) is 10.3. The van der Waals surface area contributed by atoms with E-state index in [9.17, 15) is 9.90 Å². The van der Waals surface area contributed by atoms with Crippen molar-refractivity contribution in [2.45, 2.75) is 0 Å². The number of aromatic nitrogens is 1. The molecule has 4 nitrogen and oxygen atoms in total. The van der Waals surface area contributed by atoms with Gasteiger partial charge in [0.2, 0.25) is 0 Å². The van der Waals surface area contributed by atoms with Gasteiger partial charge in [-0.3, -0.25) is 10.1 Å². The largest absolute Gasteiger partial charge is 0.478 e. The first-order valence-corrected chi connectivity index (χ1v) is 3.98. The molecule has 0 aliphatic rings. The highest BCUT2D eigenvalue weighted by atomic mass is 16.4. The zero-order valence-corrected chi connectivity index (χ0v) is 7.10. The average Bonchev–Trinajstić information content (AvgIpc) is 2.17. The number of carbonyl (C=O) groups is 1. The molecule has 0 unspecified atom stereocenters. The smallest absolute Gasteiger partial charge is 0.337 e. The molecule has 2 rings (SSSR count). The van der Waals surface area contributed by atoms with E-state index in [0.717, 1.165) is 0 Å². The maximum absolute atomic E-state index is 11.3. The van der Waals surface area contributed by atoms with Crippen LogP contribution in [0.25, 0.3) is 10.9 Å². The fourth-order valence-electron chi connectivity index (χ4n) is 1.32. The lowest BCUT2D eigenvalue weighted by molar-refractivity contribution is 0.0699. The first kappa shape index (κ1) is 8.50. The van der Waals surface area contributed by atoms with Crippen LogP contribution >= 0.6 is 0 Å². The van der Waals surface area contributed by atoms with E-state index in [2.05, 4.69) is 4.98 Å². The number of fused-ring (bicyclic) bond motifs is 1. The third kappa shape index (κ3) is 1.17. The van der Waals surface area contributed by atoms with Crippen molar-refractivity contribution in [3.05, 3.63) is 36.0 Å². The molecule has 1 N–H and O–H groups in total. The number of nitrogens with zero attached hydrogens (tertiary/aromatic N) is 1. The van der Waals surface area contributed by atoms with Crippen LogP contribution in [0.2, 0.25) is 0 Å². The number of hydrogen-bond acceptors (Lipinski definition) is 2. The van der Waals surface area contributed by atoms with Crippen LogP contribution in [0.1, 0.15) is 10.4 Å². The topological polar surface area (TPSA) is 70.1 Å². The van der Waals surface area contributed by atoms with E-state index in [0.29, 0.717) is 5.39 Å². The quantitative estimate of drug-likeness (QED) is 0.744. The highest BCUT2D eigenvalue weighted by Crippen LogP contribution is 2.25. The summed E-state index contributed by atoms with van der Waals surface area (Å²) in [7, 11) is 0. The zero-order valence-electron chi connectivity index (χ0n) is 7.10. The van der Waals surface area contributed by atoms with E-state index in [1.165, 1.54) is 24.4 Å². The number of para-hydroxylation sites is 1. The van der Waals surface area contributed by atoms with Crippen molar-refractivity contribution < 1.29 is 15.0 Å². The molecule has 4 heteroatoms. The summed E-state index contributed by atoms with van der Waals surface area (Å²) in [4.78, 5) is 14.7. The molecule has 1 aromatic carbocycles. The summed E-state index contributed by atoms with van der Waals surface area (Å²) in [5, 5.41) is 20.5. The Morgan fingerprint density at radius 2 is 2.07 bits per heavy atom. The number of benzene rings is 1. The minimum Gasteiger partial charge on any atom is -0.478 e. The van der Waals surface area contributed by atoms with Gasteiger partial charge in [0, 0.05) is 17.6 Å². The minimum atomic E-state index is -1.08. The molecule has 0 fully saturated rings. The van der Waals surface area contributed by atoms with Crippen molar-refractivity contribution in [3.8, 4) is 5.75 Å². The maximum atomic E-state index is 11.3. The van der Waals surface area contributed by atoms with Gasteiger partial charge < -0.3 is 5.11 Å². The molecule has 1 aromatic heterocycles. The number of carboxylic acids is 1. The maximum Gasteiger partial charge on any atom is 0.337 e. The summed E-state index contributed by atoms with van der Waals surface area (Å²) in [6.45, 7) is 0. The van der Waals surface area contributed by atoms with Gasteiger partial charge in [-0.15, -0.1) is 0 Å². The molecule has 1 heterocycles. The molecule has 0 saturated heterocycles. The van der Waals surface area contributed by atoms with E-state index < -0.39 is 5.97 Å². The predicted molar refractivity (Wildman–Crippen MR) is 48.8 cm³/mol. The van der Waals surface area contributed by atoms with Gasteiger partial charge in [-0.25, -0.2) is 4.79 Å². The van der Waals surface area contributed by atoms with Gasteiger partial charge in [0.1, 0.15) is 0 Å². The van der Waals surface area contributed by atoms with Crippen molar-refractivity contribution in [3.63, 3.8) is 0 Å². The average molecular weight is 188 g/mol. The second-order valence-corrected chi connectivity index (χ2v) is 2.82. The summed E-state index contributed by atoms with van der Waals surface area (Å²) in [6.07, 6.45) is 1.32. The molecular weight excluding hydrogens is 182 g/mol. The lowest BCUT2D eigenvalue weighted by Gasteiger charge is -2.00. The Morgan fingerprint density at radius 1 is 1.29 bits per heavy atom. The predicted octanol–water partition coefficient (Wildman–Crippen LogP) is 2.08. The van der Waals surface area contributed by atoms with Crippen molar-refractivity contribution in [1.29, 1.82) is 0 Å². The standard InChI is InChI=1S/C10H6NO3/c12-8-4-5-11-9-6(8)2-1-3-7(9)10(13)14/h1-5H,(H,13,14). The Bertz CT molecular complexity index is 508.